The minimum Gasteiger partial charge on any atom is -0.349 e. The molecule has 0 aliphatic rings. The van der Waals surface area contributed by atoms with Gasteiger partial charge in [0.1, 0.15) is 11.5 Å². The molecule has 26 heavy (non-hydrogen) atoms. The molecule has 0 saturated carbocycles. The van der Waals surface area contributed by atoms with Gasteiger partial charge in [-0.05, 0) is 45.2 Å². The number of nitrogens with zero attached hydrogens (tertiary/aromatic N) is 2. The average Bonchev–Trinajstić information content (AvgIpc) is 2.81. The first-order chi connectivity index (χ1) is 12.2. The summed E-state index contributed by atoms with van der Waals surface area (Å²) >= 11 is 0. The molecule has 0 aliphatic carbocycles. The van der Waals surface area contributed by atoms with Crippen molar-refractivity contribution in [1.82, 2.24) is 15.1 Å². The number of hydrogen-bond acceptors (Lipinski definition) is 2. The van der Waals surface area contributed by atoms with Crippen LogP contribution in [0.1, 0.15) is 61.8 Å². The molecule has 2 aromatic rings. The number of hydrogen-bond donors (Lipinski definition) is 1. The van der Waals surface area contributed by atoms with Crippen LogP contribution < -0.4 is 5.32 Å². The Morgan fingerprint density at radius 1 is 1.19 bits per heavy atom. The lowest BCUT2D eigenvalue weighted by atomic mass is 10.0. The van der Waals surface area contributed by atoms with E-state index in [1.165, 1.54) is 16.8 Å². The van der Waals surface area contributed by atoms with Crippen molar-refractivity contribution in [1.29, 1.82) is 0 Å². The van der Waals surface area contributed by atoms with Crippen molar-refractivity contribution in [3.05, 3.63) is 46.8 Å². The van der Waals surface area contributed by atoms with Crippen molar-refractivity contribution in [2.45, 2.75) is 59.9 Å². The molecule has 0 bridgehead atoms. The predicted molar refractivity (Wildman–Crippen MR) is 98.6 cm³/mol. The lowest BCUT2D eigenvalue weighted by molar-refractivity contribution is 0.0936. The predicted octanol–water partition coefficient (Wildman–Crippen LogP) is 4.71. The molecule has 0 radical (unpaired) electrons. The fourth-order valence-corrected chi connectivity index (χ4v) is 3.06. The van der Waals surface area contributed by atoms with Gasteiger partial charge in [0.25, 0.3) is 5.91 Å². The molecule has 0 aliphatic heterocycles. The first kappa shape index (κ1) is 20.1. The maximum atomic E-state index is 14.1. The minimum absolute atomic E-state index is 0.0472. The Labute approximate surface area is 153 Å². The number of aromatic nitrogens is 2. The normalized spacial score (nSPS) is 12.5. The molecule has 1 aromatic carbocycles. The molecule has 142 valence electrons. The number of aryl methyl sites for hydroxylation is 1. The summed E-state index contributed by atoms with van der Waals surface area (Å²) in [5.41, 5.74) is 1.60. The van der Waals surface area contributed by atoms with Crippen molar-refractivity contribution in [2.75, 3.05) is 0 Å². The van der Waals surface area contributed by atoms with Gasteiger partial charge < -0.3 is 5.32 Å². The molecule has 1 unspecified atom stereocenters. The van der Waals surface area contributed by atoms with Gasteiger partial charge in [-0.25, -0.2) is 13.5 Å². The summed E-state index contributed by atoms with van der Waals surface area (Å²) in [6, 6.07) is 3.35. The monoisotopic (exact) mass is 363 g/mol. The van der Waals surface area contributed by atoms with E-state index in [1.54, 1.807) is 13.8 Å². The number of amides is 1. The molecule has 1 atom stereocenters. The number of nitrogens with one attached hydrogen (secondary N) is 1. The zero-order valence-electron chi connectivity index (χ0n) is 16.1. The quantitative estimate of drug-likeness (QED) is 0.774. The molecule has 1 amide bonds. The Balaban J connectivity index is 2.17. The van der Waals surface area contributed by atoms with E-state index in [2.05, 4.69) is 24.3 Å². The van der Waals surface area contributed by atoms with E-state index in [0.29, 0.717) is 22.9 Å². The Morgan fingerprint density at radius 3 is 2.50 bits per heavy atom. The van der Waals surface area contributed by atoms with Crippen LogP contribution in [0.15, 0.2) is 18.2 Å². The Morgan fingerprint density at radius 2 is 1.88 bits per heavy atom. The van der Waals surface area contributed by atoms with Crippen LogP contribution in [0, 0.1) is 31.4 Å². The summed E-state index contributed by atoms with van der Waals surface area (Å²) in [5, 5.41) is 7.27. The third-order valence-electron chi connectivity index (χ3n) is 4.45. The standard InChI is InChI=1S/C20H27F2N3O/c1-12(2)7-6-8-13(3)23-20(26)19-14(4)24-25(15(19)5)18-10-9-16(21)11-17(18)22/h9-13H,6-8H2,1-5H3,(H,23,26). The summed E-state index contributed by atoms with van der Waals surface area (Å²) in [6.45, 7) is 9.76. The highest BCUT2D eigenvalue weighted by Crippen LogP contribution is 2.21. The van der Waals surface area contributed by atoms with Gasteiger partial charge in [0.2, 0.25) is 0 Å². The van der Waals surface area contributed by atoms with Gasteiger partial charge in [-0.1, -0.05) is 26.7 Å². The number of halogens is 2. The number of rotatable bonds is 7. The van der Waals surface area contributed by atoms with E-state index in [0.717, 1.165) is 25.3 Å². The van der Waals surface area contributed by atoms with Gasteiger partial charge in [-0.15, -0.1) is 0 Å². The second kappa shape index (κ2) is 8.43. The molecule has 0 fully saturated rings. The van der Waals surface area contributed by atoms with E-state index >= 15 is 0 Å². The molecule has 0 spiro atoms. The third kappa shape index (κ3) is 4.68. The minimum atomic E-state index is -0.718. The van der Waals surface area contributed by atoms with Gasteiger partial charge in [0, 0.05) is 12.1 Å². The van der Waals surface area contributed by atoms with Crippen molar-refractivity contribution < 1.29 is 13.6 Å². The molecule has 6 heteroatoms. The Kier molecular flexibility index (Phi) is 6.51. The van der Waals surface area contributed by atoms with Crippen LogP contribution in [0.25, 0.3) is 5.69 Å². The van der Waals surface area contributed by atoms with Crippen LogP contribution in [-0.4, -0.2) is 21.7 Å². The van der Waals surface area contributed by atoms with Gasteiger partial charge in [0.05, 0.1) is 17.0 Å². The van der Waals surface area contributed by atoms with Crippen molar-refractivity contribution in [2.24, 2.45) is 5.92 Å². The van der Waals surface area contributed by atoms with E-state index in [1.807, 2.05) is 6.92 Å². The van der Waals surface area contributed by atoms with Crippen molar-refractivity contribution in [3.63, 3.8) is 0 Å². The number of benzene rings is 1. The van der Waals surface area contributed by atoms with E-state index in [9.17, 15) is 13.6 Å². The van der Waals surface area contributed by atoms with Crippen molar-refractivity contribution in [3.8, 4) is 5.69 Å². The number of carbonyl (C=O) groups is 1. The first-order valence-corrected chi connectivity index (χ1v) is 9.03. The van der Waals surface area contributed by atoms with Crippen LogP contribution >= 0.6 is 0 Å². The average molecular weight is 363 g/mol. The maximum absolute atomic E-state index is 14.1. The Bertz CT molecular complexity index is 784. The van der Waals surface area contributed by atoms with Crippen LogP contribution in [0.4, 0.5) is 8.78 Å². The van der Waals surface area contributed by atoms with Crippen LogP contribution in [0.5, 0.6) is 0 Å². The van der Waals surface area contributed by atoms with Crippen LogP contribution in [0.2, 0.25) is 0 Å². The summed E-state index contributed by atoms with van der Waals surface area (Å²) in [6.07, 6.45) is 3.08. The summed E-state index contributed by atoms with van der Waals surface area (Å²) in [5.74, 6) is -0.942. The molecular formula is C20H27F2N3O. The first-order valence-electron chi connectivity index (χ1n) is 9.03. The van der Waals surface area contributed by atoms with E-state index < -0.39 is 11.6 Å². The lowest BCUT2D eigenvalue weighted by Gasteiger charge is -2.15. The molecule has 4 nitrogen and oxygen atoms in total. The smallest absolute Gasteiger partial charge is 0.255 e. The van der Waals surface area contributed by atoms with Crippen molar-refractivity contribution >= 4 is 5.91 Å². The topological polar surface area (TPSA) is 46.9 Å². The zero-order chi connectivity index (χ0) is 19.4. The van der Waals surface area contributed by atoms with E-state index in [-0.39, 0.29) is 17.6 Å². The second-order valence-electron chi connectivity index (χ2n) is 7.25. The second-order valence-corrected chi connectivity index (χ2v) is 7.25. The highest BCUT2D eigenvalue weighted by Gasteiger charge is 2.22. The molecule has 1 aromatic heterocycles. The fourth-order valence-electron chi connectivity index (χ4n) is 3.06. The fraction of sp³-hybridized carbons (Fsp3) is 0.500. The van der Waals surface area contributed by atoms with E-state index in [4.69, 9.17) is 0 Å². The molecule has 2 rings (SSSR count). The van der Waals surface area contributed by atoms with Crippen LogP contribution in [0.3, 0.4) is 0 Å². The maximum Gasteiger partial charge on any atom is 0.255 e. The molecular weight excluding hydrogens is 336 g/mol. The largest absolute Gasteiger partial charge is 0.349 e. The molecule has 0 saturated heterocycles. The SMILES string of the molecule is Cc1nn(-c2ccc(F)cc2F)c(C)c1C(=O)NC(C)CCCC(C)C. The van der Waals surface area contributed by atoms with Gasteiger partial charge >= 0.3 is 0 Å². The molecule has 1 N–H and O–H groups in total. The van der Waals surface area contributed by atoms with Gasteiger partial charge in [-0.3, -0.25) is 4.79 Å². The summed E-state index contributed by atoms with van der Waals surface area (Å²) < 4.78 is 28.6. The summed E-state index contributed by atoms with van der Waals surface area (Å²) in [4.78, 5) is 12.7. The third-order valence-corrected chi connectivity index (χ3v) is 4.45. The summed E-state index contributed by atoms with van der Waals surface area (Å²) in [7, 11) is 0. The van der Waals surface area contributed by atoms with Gasteiger partial charge in [-0.2, -0.15) is 5.10 Å². The number of carbonyl (C=O) groups excluding carboxylic acids is 1. The van der Waals surface area contributed by atoms with Crippen LogP contribution in [-0.2, 0) is 0 Å². The highest BCUT2D eigenvalue weighted by molar-refractivity contribution is 5.96. The lowest BCUT2D eigenvalue weighted by Crippen LogP contribution is -2.33. The zero-order valence-corrected chi connectivity index (χ0v) is 16.1. The van der Waals surface area contributed by atoms with Gasteiger partial charge in [0.15, 0.2) is 5.82 Å². The highest BCUT2D eigenvalue weighted by atomic mass is 19.1. The molecule has 1 heterocycles. The Hall–Kier alpha value is -2.24.